The molecule has 2 atom stereocenters. The van der Waals surface area contributed by atoms with E-state index in [1.165, 1.54) is 30.4 Å². The standard InChI is InChI=1S/C25H28FN3O4/c1-4-9-22(29-25(32)33-16-18-10-7-6-8-11-18)24(31)27-15-19-14-20(26)12-13-21(19)28-23(30)17(3)5-2/h4-8,10-14,17,22H,1-2,9,15-16H2,3H3,(H,27,31)(H,28,30)(H,29,32)/t17-,22+/m1/s1. The fourth-order valence-corrected chi connectivity index (χ4v) is 2.79. The highest BCUT2D eigenvalue weighted by Crippen LogP contribution is 2.18. The van der Waals surface area contributed by atoms with Crippen LogP contribution >= 0.6 is 0 Å². The van der Waals surface area contributed by atoms with Gasteiger partial charge in [-0.25, -0.2) is 9.18 Å². The van der Waals surface area contributed by atoms with Gasteiger partial charge in [0.1, 0.15) is 18.5 Å². The van der Waals surface area contributed by atoms with Gasteiger partial charge in [-0.05, 0) is 35.7 Å². The van der Waals surface area contributed by atoms with Gasteiger partial charge in [0, 0.05) is 12.2 Å². The van der Waals surface area contributed by atoms with Crippen LogP contribution in [0.25, 0.3) is 0 Å². The molecule has 7 nitrogen and oxygen atoms in total. The monoisotopic (exact) mass is 453 g/mol. The summed E-state index contributed by atoms with van der Waals surface area (Å²) in [6.45, 7) is 8.86. The molecular weight excluding hydrogens is 425 g/mol. The van der Waals surface area contributed by atoms with Gasteiger partial charge in [-0.3, -0.25) is 9.59 Å². The Bertz CT molecular complexity index is 994. The lowest BCUT2D eigenvalue weighted by molar-refractivity contribution is -0.123. The summed E-state index contributed by atoms with van der Waals surface area (Å²) in [6.07, 6.45) is 2.39. The normalized spacial score (nSPS) is 12.1. The van der Waals surface area contributed by atoms with Gasteiger partial charge < -0.3 is 20.7 Å². The quantitative estimate of drug-likeness (QED) is 0.447. The van der Waals surface area contributed by atoms with Crippen LogP contribution < -0.4 is 16.0 Å². The van der Waals surface area contributed by atoms with E-state index in [2.05, 4.69) is 29.1 Å². The van der Waals surface area contributed by atoms with Gasteiger partial charge in [-0.1, -0.05) is 49.4 Å². The number of benzene rings is 2. The molecule has 2 aromatic rings. The van der Waals surface area contributed by atoms with E-state index in [0.717, 1.165) is 5.56 Å². The van der Waals surface area contributed by atoms with Gasteiger partial charge in [0.25, 0.3) is 0 Å². The van der Waals surface area contributed by atoms with E-state index >= 15 is 0 Å². The Hall–Kier alpha value is -3.94. The number of rotatable bonds is 11. The van der Waals surface area contributed by atoms with Crippen LogP contribution in [0, 0.1) is 11.7 Å². The Kier molecular flexibility index (Phi) is 9.82. The third-order valence-electron chi connectivity index (χ3n) is 4.77. The first-order valence-corrected chi connectivity index (χ1v) is 10.4. The molecule has 0 fully saturated rings. The molecule has 2 rings (SSSR count). The van der Waals surface area contributed by atoms with Gasteiger partial charge in [-0.2, -0.15) is 0 Å². The average Bonchev–Trinajstić information content (AvgIpc) is 2.82. The average molecular weight is 454 g/mol. The molecule has 0 aliphatic rings. The number of hydrogen-bond donors (Lipinski definition) is 3. The largest absolute Gasteiger partial charge is 0.445 e. The predicted octanol–water partition coefficient (Wildman–Crippen LogP) is 4.07. The maximum Gasteiger partial charge on any atom is 0.408 e. The summed E-state index contributed by atoms with van der Waals surface area (Å²) in [5.74, 6) is -1.77. The summed E-state index contributed by atoms with van der Waals surface area (Å²) in [7, 11) is 0. The number of ether oxygens (including phenoxy) is 1. The Morgan fingerprint density at radius 3 is 2.48 bits per heavy atom. The summed E-state index contributed by atoms with van der Waals surface area (Å²) < 4.78 is 18.9. The summed E-state index contributed by atoms with van der Waals surface area (Å²) in [6, 6.07) is 12.0. The molecule has 0 aliphatic carbocycles. The van der Waals surface area contributed by atoms with Crippen LogP contribution in [0.5, 0.6) is 0 Å². The van der Waals surface area contributed by atoms with Crippen LogP contribution in [-0.4, -0.2) is 23.9 Å². The van der Waals surface area contributed by atoms with Gasteiger partial charge in [0.2, 0.25) is 11.8 Å². The predicted molar refractivity (Wildman–Crippen MR) is 125 cm³/mol. The van der Waals surface area contributed by atoms with Crippen molar-refractivity contribution < 1.29 is 23.5 Å². The molecule has 174 valence electrons. The summed E-state index contributed by atoms with van der Waals surface area (Å²) in [5.41, 5.74) is 1.55. The minimum atomic E-state index is -0.932. The SMILES string of the molecule is C=CC[C@H](NC(=O)OCc1ccccc1)C(=O)NCc1cc(F)ccc1NC(=O)[C@H](C)C=C. The second-order valence-electron chi connectivity index (χ2n) is 7.32. The Balaban J connectivity index is 1.99. The summed E-state index contributed by atoms with van der Waals surface area (Å²) >= 11 is 0. The number of carbonyl (C=O) groups is 3. The second-order valence-corrected chi connectivity index (χ2v) is 7.32. The van der Waals surface area contributed by atoms with Crippen molar-refractivity contribution in [3.05, 3.63) is 90.8 Å². The van der Waals surface area contributed by atoms with Crippen molar-refractivity contribution in [1.29, 1.82) is 0 Å². The first-order chi connectivity index (χ1) is 15.8. The van der Waals surface area contributed by atoms with Crippen molar-refractivity contribution in [2.75, 3.05) is 5.32 Å². The zero-order valence-electron chi connectivity index (χ0n) is 18.5. The third-order valence-corrected chi connectivity index (χ3v) is 4.77. The molecule has 0 spiro atoms. The van der Waals surface area contributed by atoms with E-state index in [0.29, 0.717) is 11.3 Å². The highest BCUT2D eigenvalue weighted by molar-refractivity contribution is 5.94. The van der Waals surface area contributed by atoms with Crippen LogP contribution in [-0.2, 0) is 27.5 Å². The zero-order chi connectivity index (χ0) is 24.2. The van der Waals surface area contributed by atoms with Crippen molar-refractivity contribution in [2.45, 2.75) is 32.5 Å². The lowest BCUT2D eigenvalue weighted by Crippen LogP contribution is -2.46. The molecule has 0 heterocycles. The Morgan fingerprint density at radius 1 is 1.09 bits per heavy atom. The van der Waals surface area contributed by atoms with Crippen LogP contribution in [0.1, 0.15) is 24.5 Å². The molecule has 0 saturated carbocycles. The van der Waals surface area contributed by atoms with Crippen molar-refractivity contribution in [2.24, 2.45) is 5.92 Å². The van der Waals surface area contributed by atoms with Gasteiger partial charge in [0.15, 0.2) is 0 Å². The molecule has 0 radical (unpaired) electrons. The van der Waals surface area contributed by atoms with E-state index in [1.54, 1.807) is 6.92 Å². The van der Waals surface area contributed by atoms with Crippen LogP contribution in [0.2, 0.25) is 0 Å². The lowest BCUT2D eigenvalue weighted by atomic mass is 10.1. The number of alkyl carbamates (subject to hydrolysis) is 1. The highest BCUT2D eigenvalue weighted by Gasteiger charge is 2.21. The fourth-order valence-electron chi connectivity index (χ4n) is 2.79. The third kappa shape index (κ3) is 8.25. The maximum atomic E-state index is 13.8. The molecule has 8 heteroatoms. The molecule has 3 amide bonds. The first kappa shape index (κ1) is 25.3. The molecule has 0 saturated heterocycles. The molecule has 0 aliphatic heterocycles. The second kappa shape index (κ2) is 12.8. The Labute approximate surface area is 192 Å². The first-order valence-electron chi connectivity index (χ1n) is 10.4. The smallest absolute Gasteiger partial charge is 0.408 e. The lowest BCUT2D eigenvalue weighted by Gasteiger charge is -2.18. The molecular formula is C25H28FN3O4. The zero-order valence-corrected chi connectivity index (χ0v) is 18.5. The number of hydrogen-bond acceptors (Lipinski definition) is 4. The van der Waals surface area contributed by atoms with Crippen molar-refractivity contribution >= 4 is 23.6 Å². The van der Waals surface area contributed by atoms with Gasteiger partial charge in [0.05, 0.1) is 5.92 Å². The number of anilines is 1. The van der Waals surface area contributed by atoms with Crippen molar-refractivity contribution in [3.63, 3.8) is 0 Å². The highest BCUT2D eigenvalue weighted by atomic mass is 19.1. The molecule has 2 aromatic carbocycles. The number of nitrogens with one attached hydrogen (secondary N) is 3. The van der Waals surface area contributed by atoms with Crippen molar-refractivity contribution in [3.8, 4) is 0 Å². The summed E-state index contributed by atoms with van der Waals surface area (Å²) in [4.78, 5) is 37.0. The summed E-state index contributed by atoms with van der Waals surface area (Å²) in [5, 5.41) is 7.85. The molecule has 0 unspecified atom stereocenters. The van der Waals surface area contributed by atoms with E-state index in [1.807, 2.05) is 30.3 Å². The van der Waals surface area contributed by atoms with E-state index in [-0.39, 0.29) is 25.5 Å². The minimum absolute atomic E-state index is 0.0601. The Morgan fingerprint density at radius 2 is 1.82 bits per heavy atom. The molecule has 0 aromatic heterocycles. The molecule has 0 bridgehead atoms. The van der Waals surface area contributed by atoms with E-state index < -0.39 is 29.8 Å². The molecule has 33 heavy (non-hydrogen) atoms. The van der Waals surface area contributed by atoms with Crippen LogP contribution in [0.15, 0.2) is 73.8 Å². The van der Waals surface area contributed by atoms with E-state index in [4.69, 9.17) is 4.74 Å². The van der Waals surface area contributed by atoms with Gasteiger partial charge >= 0.3 is 6.09 Å². The van der Waals surface area contributed by atoms with Gasteiger partial charge in [-0.15, -0.1) is 13.2 Å². The number of amides is 3. The topological polar surface area (TPSA) is 96.5 Å². The number of carbonyl (C=O) groups excluding carboxylic acids is 3. The van der Waals surface area contributed by atoms with Crippen molar-refractivity contribution in [1.82, 2.24) is 10.6 Å². The maximum absolute atomic E-state index is 13.8. The number of halogens is 1. The fraction of sp³-hybridized carbons (Fsp3) is 0.240. The molecule has 3 N–H and O–H groups in total. The minimum Gasteiger partial charge on any atom is -0.445 e. The van der Waals surface area contributed by atoms with E-state index in [9.17, 15) is 18.8 Å². The van der Waals surface area contributed by atoms with Crippen LogP contribution in [0.3, 0.4) is 0 Å². The van der Waals surface area contributed by atoms with Crippen LogP contribution in [0.4, 0.5) is 14.9 Å².